The zero-order valence-electron chi connectivity index (χ0n) is 19.0. The van der Waals surface area contributed by atoms with E-state index in [1.165, 1.54) is 11.1 Å². The van der Waals surface area contributed by atoms with E-state index >= 15 is 0 Å². The molecule has 0 aliphatic rings. The molecule has 0 aliphatic heterocycles. The van der Waals surface area contributed by atoms with Gasteiger partial charge in [-0.15, -0.1) is 0 Å². The Morgan fingerprint density at radius 3 is 1.48 bits per heavy atom. The van der Waals surface area contributed by atoms with Crippen LogP contribution in [0, 0.1) is 13.8 Å². The highest BCUT2D eigenvalue weighted by Crippen LogP contribution is 2.21. The minimum absolute atomic E-state index is 0.452. The summed E-state index contributed by atoms with van der Waals surface area (Å²) in [5, 5.41) is 0. The lowest BCUT2D eigenvalue weighted by Gasteiger charge is -2.08. The zero-order valence-corrected chi connectivity index (χ0v) is 19.0. The maximum Gasteiger partial charge on any atom is 0.131 e. The standard InChI is InChI=1S/C29H28N2O2/c1-21-3-7-23(8-4-21)19-32-27-15-11-25(12-16-27)29(30)31-26-13-17-28(18-14-26)33-20-24-9-5-22(2)6-10-24/h3-18H,19-20H2,1-2H3,(H2,30,31). The molecular formula is C29H28N2O2. The van der Waals surface area contributed by atoms with E-state index in [-0.39, 0.29) is 0 Å². The number of ether oxygens (including phenoxy) is 2. The van der Waals surface area contributed by atoms with Gasteiger partial charge in [-0.25, -0.2) is 4.99 Å². The number of benzene rings is 4. The maximum absolute atomic E-state index is 6.22. The van der Waals surface area contributed by atoms with Crippen molar-refractivity contribution < 1.29 is 9.47 Å². The summed E-state index contributed by atoms with van der Waals surface area (Å²) in [6, 6.07) is 31.9. The monoisotopic (exact) mass is 436 g/mol. The van der Waals surface area contributed by atoms with Crippen LogP contribution in [0.25, 0.3) is 0 Å². The summed E-state index contributed by atoms with van der Waals surface area (Å²) in [5.74, 6) is 2.04. The summed E-state index contributed by atoms with van der Waals surface area (Å²) >= 11 is 0. The molecule has 0 saturated carbocycles. The van der Waals surface area contributed by atoms with Crippen molar-refractivity contribution in [2.24, 2.45) is 10.7 Å². The molecule has 0 unspecified atom stereocenters. The van der Waals surface area contributed by atoms with Gasteiger partial charge in [0.2, 0.25) is 0 Å². The van der Waals surface area contributed by atoms with Crippen LogP contribution in [0.2, 0.25) is 0 Å². The normalized spacial score (nSPS) is 11.3. The van der Waals surface area contributed by atoms with Gasteiger partial charge in [0.15, 0.2) is 0 Å². The Morgan fingerprint density at radius 2 is 1.03 bits per heavy atom. The number of nitrogens with zero attached hydrogens (tertiary/aromatic N) is 1. The average Bonchev–Trinajstić information content (AvgIpc) is 2.84. The molecule has 0 bridgehead atoms. The third kappa shape index (κ3) is 6.47. The number of aliphatic imine (C=N–C) groups is 1. The molecule has 0 atom stereocenters. The van der Waals surface area contributed by atoms with Crippen LogP contribution in [0.4, 0.5) is 5.69 Å². The molecular weight excluding hydrogens is 408 g/mol. The molecule has 0 fully saturated rings. The van der Waals surface area contributed by atoms with Gasteiger partial charge in [0.1, 0.15) is 30.5 Å². The van der Waals surface area contributed by atoms with Gasteiger partial charge in [0, 0.05) is 5.56 Å². The molecule has 2 N–H and O–H groups in total. The Kier molecular flexibility index (Phi) is 7.06. The van der Waals surface area contributed by atoms with Gasteiger partial charge in [0.05, 0.1) is 5.69 Å². The van der Waals surface area contributed by atoms with Crippen molar-refractivity contribution in [1.29, 1.82) is 0 Å². The second-order valence-corrected chi connectivity index (χ2v) is 8.06. The quantitative estimate of drug-likeness (QED) is 0.253. The molecule has 4 aromatic carbocycles. The molecule has 4 nitrogen and oxygen atoms in total. The first-order chi connectivity index (χ1) is 16.0. The fourth-order valence-electron chi connectivity index (χ4n) is 3.24. The summed E-state index contributed by atoms with van der Waals surface area (Å²) < 4.78 is 11.7. The number of amidine groups is 1. The Balaban J connectivity index is 1.32. The lowest BCUT2D eigenvalue weighted by molar-refractivity contribution is 0.306. The topological polar surface area (TPSA) is 56.8 Å². The van der Waals surface area contributed by atoms with Gasteiger partial charge >= 0.3 is 0 Å². The second kappa shape index (κ2) is 10.5. The third-order valence-corrected chi connectivity index (χ3v) is 5.29. The number of aryl methyl sites for hydroxylation is 2. The van der Waals surface area contributed by atoms with Gasteiger partial charge < -0.3 is 15.2 Å². The van der Waals surface area contributed by atoms with Gasteiger partial charge in [-0.05, 0) is 73.5 Å². The third-order valence-electron chi connectivity index (χ3n) is 5.29. The smallest absolute Gasteiger partial charge is 0.131 e. The van der Waals surface area contributed by atoms with E-state index in [4.69, 9.17) is 15.2 Å². The van der Waals surface area contributed by atoms with Crippen LogP contribution in [0.5, 0.6) is 11.5 Å². The SMILES string of the molecule is Cc1ccc(COc2ccc(N=C(N)c3ccc(OCc4ccc(C)cc4)cc3)cc2)cc1. The van der Waals surface area contributed by atoms with Gasteiger partial charge in [0.25, 0.3) is 0 Å². The van der Waals surface area contributed by atoms with Crippen molar-refractivity contribution in [2.45, 2.75) is 27.1 Å². The molecule has 0 amide bonds. The van der Waals surface area contributed by atoms with Crippen molar-refractivity contribution >= 4 is 11.5 Å². The Labute approximate surface area is 195 Å². The fraction of sp³-hybridized carbons (Fsp3) is 0.138. The number of hydrogen-bond acceptors (Lipinski definition) is 3. The van der Waals surface area contributed by atoms with Gasteiger partial charge in [-0.3, -0.25) is 0 Å². The predicted molar refractivity (Wildman–Crippen MR) is 134 cm³/mol. The number of hydrogen-bond donors (Lipinski definition) is 1. The zero-order chi connectivity index (χ0) is 23.0. The molecule has 4 heteroatoms. The van der Waals surface area contributed by atoms with Crippen molar-refractivity contribution in [3.8, 4) is 11.5 Å². The summed E-state index contributed by atoms with van der Waals surface area (Å²) in [4.78, 5) is 4.53. The first-order valence-electron chi connectivity index (χ1n) is 11.0. The van der Waals surface area contributed by atoms with E-state index < -0.39 is 0 Å². The lowest BCUT2D eigenvalue weighted by Crippen LogP contribution is -2.12. The van der Waals surface area contributed by atoms with E-state index in [0.717, 1.165) is 33.9 Å². The van der Waals surface area contributed by atoms with Gasteiger partial charge in [-0.1, -0.05) is 59.7 Å². The van der Waals surface area contributed by atoms with Crippen molar-refractivity contribution in [2.75, 3.05) is 0 Å². The molecule has 0 spiro atoms. The van der Waals surface area contributed by atoms with E-state index in [0.29, 0.717) is 19.0 Å². The molecule has 0 radical (unpaired) electrons. The molecule has 166 valence electrons. The summed E-state index contributed by atoms with van der Waals surface area (Å²) in [5.41, 5.74) is 12.6. The van der Waals surface area contributed by atoms with E-state index in [2.05, 4.69) is 67.4 Å². The molecule has 0 aromatic heterocycles. The lowest BCUT2D eigenvalue weighted by atomic mass is 10.1. The minimum Gasteiger partial charge on any atom is -0.489 e. The first kappa shape index (κ1) is 22.2. The summed E-state index contributed by atoms with van der Waals surface area (Å²) in [7, 11) is 0. The number of nitrogens with two attached hydrogens (primary N) is 1. The van der Waals surface area contributed by atoms with Crippen LogP contribution >= 0.6 is 0 Å². The molecule has 0 heterocycles. The van der Waals surface area contributed by atoms with Crippen LogP contribution in [0.15, 0.2) is 102 Å². The van der Waals surface area contributed by atoms with E-state index in [1.807, 2.05) is 48.5 Å². The Hall–Kier alpha value is -4.05. The van der Waals surface area contributed by atoms with Crippen molar-refractivity contribution in [1.82, 2.24) is 0 Å². The van der Waals surface area contributed by atoms with Gasteiger partial charge in [-0.2, -0.15) is 0 Å². The predicted octanol–water partition coefficient (Wildman–Crippen LogP) is 6.50. The van der Waals surface area contributed by atoms with Crippen molar-refractivity contribution in [3.05, 3.63) is 125 Å². The summed E-state index contributed by atoms with van der Waals surface area (Å²) in [6.45, 7) is 5.21. The second-order valence-electron chi connectivity index (χ2n) is 8.06. The Morgan fingerprint density at radius 1 is 0.606 bits per heavy atom. The molecule has 4 rings (SSSR count). The summed E-state index contributed by atoms with van der Waals surface area (Å²) in [6.07, 6.45) is 0. The first-order valence-corrected chi connectivity index (χ1v) is 11.0. The highest BCUT2D eigenvalue weighted by Gasteiger charge is 2.02. The highest BCUT2D eigenvalue weighted by molar-refractivity contribution is 5.99. The molecule has 0 aliphatic carbocycles. The fourth-order valence-corrected chi connectivity index (χ4v) is 3.24. The minimum atomic E-state index is 0.452. The van der Waals surface area contributed by atoms with E-state index in [9.17, 15) is 0 Å². The van der Waals surface area contributed by atoms with E-state index in [1.54, 1.807) is 0 Å². The van der Waals surface area contributed by atoms with Crippen LogP contribution in [0.3, 0.4) is 0 Å². The van der Waals surface area contributed by atoms with Crippen LogP contribution < -0.4 is 15.2 Å². The van der Waals surface area contributed by atoms with Crippen molar-refractivity contribution in [3.63, 3.8) is 0 Å². The average molecular weight is 437 g/mol. The molecule has 4 aromatic rings. The number of rotatable bonds is 8. The Bertz CT molecular complexity index is 1190. The van der Waals surface area contributed by atoms with Crippen LogP contribution in [-0.2, 0) is 13.2 Å². The largest absolute Gasteiger partial charge is 0.489 e. The van der Waals surface area contributed by atoms with Crippen LogP contribution in [-0.4, -0.2) is 5.84 Å². The maximum atomic E-state index is 6.22. The molecule has 0 saturated heterocycles. The molecule has 33 heavy (non-hydrogen) atoms. The highest BCUT2D eigenvalue weighted by atomic mass is 16.5. The van der Waals surface area contributed by atoms with Crippen LogP contribution in [0.1, 0.15) is 27.8 Å².